The number of carbonyl (C=O) groups is 1. The molecule has 3 aromatic rings. The summed E-state index contributed by atoms with van der Waals surface area (Å²) in [6.07, 6.45) is 8.08. The van der Waals surface area contributed by atoms with Crippen molar-refractivity contribution in [3.8, 4) is 0 Å². The largest absolute Gasteiger partial charge is 0.356 e. The van der Waals surface area contributed by atoms with Gasteiger partial charge in [0.05, 0.1) is 6.54 Å². The Kier molecular flexibility index (Phi) is 7.81. The molecule has 0 spiro atoms. The maximum absolute atomic E-state index is 14.2. The number of nitrogens with one attached hydrogen (secondary N) is 1. The minimum Gasteiger partial charge on any atom is -0.356 e. The lowest BCUT2D eigenvalue weighted by Gasteiger charge is -2.39. The number of halogens is 1. The van der Waals surface area contributed by atoms with Gasteiger partial charge < -0.3 is 9.88 Å². The third-order valence-electron chi connectivity index (χ3n) is 7.08. The SMILES string of the molecule is C[C@H]1CCC[C@H](C)N1CCCNC(=O)CCc1cn(Cc2ccccc2F)c2ccccc12. The van der Waals surface area contributed by atoms with Crippen LogP contribution in [-0.2, 0) is 17.8 Å². The summed E-state index contributed by atoms with van der Waals surface area (Å²) >= 11 is 0. The molecule has 1 aliphatic heterocycles. The lowest BCUT2D eigenvalue weighted by atomic mass is 9.97. The zero-order valence-corrected chi connectivity index (χ0v) is 19.9. The molecule has 1 fully saturated rings. The van der Waals surface area contributed by atoms with Crippen LogP contribution in [0.5, 0.6) is 0 Å². The van der Waals surface area contributed by atoms with Crippen molar-refractivity contribution in [3.63, 3.8) is 0 Å². The normalized spacial score (nSPS) is 19.1. The van der Waals surface area contributed by atoms with E-state index in [1.807, 2.05) is 24.3 Å². The molecule has 0 radical (unpaired) electrons. The Morgan fingerprint density at radius 2 is 1.76 bits per heavy atom. The molecule has 1 saturated heterocycles. The predicted octanol–water partition coefficient (Wildman–Crippen LogP) is 5.53. The number of nitrogens with zero attached hydrogens (tertiary/aromatic N) is 2. The lowest BCUT2D eigenvalue weighted by molar-refractivity contribution is -0.121. The van der Waals surface area contributed by atoms with Gasteiger partial charge in [-0.05, 0) is 57.2 Å². The number of hydrogen-bond donors (Lipinski definition) is 1. The molecule has 2 heterocycles. The van der Waals surface area contributed by atoms with E-state index in [9.17, 15) is 9.18 Å². The highest BCUT2D eigenvalue weighted by atomic mass is 19.1. The second-order valence-corrected chi connectivity index (χ2v) is 9.46. The van der Waals surface area contributed by atoms with Crippen LogP contribution >= 0.6 is 0 Å². The summed E-state index contributed by atoms with van der Waals surface area (Å²) in [5.74, 6) is -0.0924. The van der Waals surface area contributed by atoms with Crippen molar-refractivity contribution in [2.24, 2.45) is 0 Å². The fourth-order valence-electron chi connectivity index (χ4n) is 5.20. The smallest absolute Gasteiger partial charge is 0.220 e. The standard InChI is InChI=1S/C28H36FN3O/c1-21-9-7-10-22(2)32(21)18-8-17-30-28(33)16-15-23-19-31(27-14-6-4-12-25(23)27)20-24-11-3-5-13-26(24)29/h3-6,11-14,19,21-22H,7-10,15-18,20H2,1-2H3,(H,30,33)/t21-,22-/m0/s1. The first-order valence-electron chi connectivity index (χ1n) is 12.4. The van der Waals surface area contributed by atoms with Crippen molar-refractivity contribution in [2.45, 2.75) is 71.0 Å². The average molecular weight is 450 g/mol. The minimum absolute atomic E-state index is 0.0978. The Morgan fingerprint density at radius 1 is 1.03 bits per heavy atom. The molecule has 4 rings (SSSR count). The number of piperidine rings is 1. The molecular formula is C28H36FN3O. The minimum atomic E-state index is -0.190. The van der Waals surface area contributed by atoms with Gasteiger partial charge in [-0.1, -0.05) is 42.8 Å². The van der Waals surface area contributed by atoms with E-state index in [0.717, 1.165) is 36.0 Å². The first-order valence-corrected chi connectivity index (χ1v) is 12.4. The van der Waals surface area contributed by atoms with Gasteiger partial charge in [-0.25, -0.2) is 4.39 Å². The summed E-state index contributed by atoms with van der Waals surface area (Å²) in [7, 11) is 0. The topological polar surface area (TPSA) is 37.3 Å². The van der Waals surface area contributed by atoms with Crippen molar-refractivity contribution in [1.82, 2.24) is 14.8 Å². The first-order chi connectivity index (χ1) is 16.0. The van der Waals surface area contributed by atoms with Crippen LogP contribution < -0.4 is 5.32 Å². The van der Waals surface area contributed by atoms with Gasteiger partial charge in [0.2, 0.25) is 5.91 Å². The van der Waals surface area contributed by atoms with E-state index in [-0.39, 0.29) is 11.7 Å². The van der Waals surface area contributed by atoms with E-state index in [0.29, 0.717) is 37.0 Å². The van der Waals surface area contributed by atoms with Crippen LogP contribution in [0.1, 0.15) is 57.1 Å². The molecule has 1 amide bonds. The molecule has 33 heavy (non-hydrogen) atoms. The van der Waals surface area contributed by atoms with Gasteiger partial charge in [-0.15, -0.1) is 0 Å². The average Bonchev–Trinajstić information content (AvgIpc) is 3.16. The van der Waals surface area contributed by atoms with Crippen LogP contribution in [0.25, 0.3) is 10.9 Å². The Morgan fingerprint density at radius 3 is 2.55 bits per heavy atom. The number of likely N-dealkylation sites (tertiary alicyclic amines) is 1. The summed E-state index contributed by atoms with van der Waals surface area (Å²) in [6.45, 7) is 6.89. The maximum Gasteiger partial charge on any atom is 0.220 e. The molecule has 4 nitrogen and oxygen atoms in total. The van der Waals surface area contributed by atoms with Crippen LogP contribution in [0.4, 0.5) is 4.39 Å². The third-order valence-corrected chi connectivity index (χ3v) is 7.08. The van der Waals surface area contributed by atoms with Crippen LogP contribution in [0.15, 0.2) is 54.7 Å². The second-order valence-electron chi connectivity index (χ2n) is 9.46. The lowest BCUT2D eigenvalue weighted by Crippen LogP contribution is -2.44. The summed E-state index contributed by atoms with van der Waals surface area (Å²) in [5.41, 5.74) is 2.87. The van der Waals surface area contributed by atoms with Gasteiger partial charge in [0.15, 0.2) is 0 Å². The predicted molar refractivity (Wildman–Crippen MR) is 133 cm³/mol. The van der Waals surface area contributed by atoms with E-state index in [1.165, 1.54) is 25.3 Å². The molecule has 5 heteroatoms. The van der Waals surface area contributed by atoms with Gasteiger partial charge in [0, 0.05) is 54.3 Å². The van der Waals surface area contributed by atoms with Crippen LogP contribution in [-0.4, -0.2) is 40.5 Å². The molecule has 0 aliphatic carbocycles. The fourth-order valence-corrected chi connectivity index (χ4v) is 5.20. The summed E-state index contributed by atoms with van der Waals surface area (Å²) < 4.78 is 16.3. The molecule has 0 unspecified atom stereocenters. The zero-order valence-electron chi connectivity index (χ0n) is 19.9. The number of amides is 1. The highest BCUT2D eigenvalue weighted by molar-refractivity contribution is 5.85. The van der Waals surface area contributed by atoms with E-state index >= 15 is 0 Å². The highest BCUT2D eigenvalue weighted by Crippen LogP contribution is 2.24. The Bertz CT molecular complexity index is 1070. The van der Waals surface area contributed by atoms with Crippen LogP contribution in [0, 0.1) is 5.82 Å². The Balaban J connectivity index is 1.31. The maximum atomic E-state index is 14.2. The number of aromatic nitrogens is 1. The van der Waals surface area contributed by atoms with E-state index in [1.54, 1.807) is 6.07 Å². The van der Waals surface area contributed by atoms with Crippen molar-refractivity contribution >= 4 is 16.8 Å². The number of benzene rings is 2. The number of carbonyl (C=O) groups excluding carboxylic acids is 1. The zero-order chi connectivity index (χ0) is 23.2. The second kappa shape index (κ2) is 11.0. The molecule has 2 atom stereocenters. The number of hydrogen-bond acceptors (Lipinski definition) is 2. The van der Waals surface area contributed by atoms with E-state index in [2.05, 4.69) is 47.0 Å². The van der Waals surface area contributed by atoms with Crippen molar-refractivity contribution < 1.29 is 9.18 Å². The van der Waals surface area contributed by atoms with Crippen LogP contribution in [0.2, 0.25) is 0 Å². The molecule has 1 N–H and O–H groups in total. The molecule has 0 bridgehead atoms. The summed E-state index contributed by atoms with van der Waals surface area (Å²) in [5, 5.41) is 4.24. The van der Waals surface area contributed by atoms with Gasteiger partial charge in [-0.3, -0.25) is 9.69 Å². The molecule has 0 saturated carbocycles. The summed E-state index contributed by atoms with van der Waals surface area (Å²) in [6, 6.07) is 16.3. The number of aryl methyl sites for hydroxylation is 1. The number of para-hydroxylation sites is 1. The van der Waals surface area contributed by atoms with Crippen molar-refractivity contribution in [3.05, 3.63) is 71.7 Å². The van der Waals surface area contributed by atoms with Gasteiger partial charge in [0.1, 0.15) is 5.82 Å². The highest BCUT2D eigenvalue weighted by Gasteiger charge is 2.23. The quantitative estimate of drug-likeness (QED) is 0.436. The van der Waals surface area contributed by atoms with Gasteiger partial charge >= 0.3 is 0 Å². The Hall–Kier alpha value is -2.66. The molecular weight excluding hydrogens is 413 g/mol. The third kappa shape index (κ3) is 5.83. The molecule has 1 aliphatic rings. The molecule has 176 valence electrons. The van der Waals surface area contributed by atoms with E-state index in [4.69, 9.17) is 0 Å². The van der Waals surface area contributed by atoms with Gasteiger partial charge in [0.25, 0.3) is 0 Å². The fraction of sp³-hybridized carbons (Fsp3) is 0.464. The van der Waals surface area contributed by atoms with Crippen molar-refractivity contribution in [2.75, 3.05) is 13.1 Å². The molecule has 2 aromatic carbocycles. The van der Waals surface area contributed by atoms with Crippen molar-refractivity contribution in [1.29, 1.82) is 0 Å². The Labute approximate surface area is 196 Å². The number of rotatable bonds is 9. The van der Waals surface area contributed by atoms with Crippen LogP contribution in [0.3, 0.4) is 0 Å². The number of fused-ring (bicyclic) bond motifs is 1. The monoisotopic (exact) mass is 449 g/mol. The van der Waals surface area contributed by atoms with E-state index < -0.39 is 0 Å². The first kappa shape index (κ1) is 23.5. The molecule has 1 aromatic heterocycles. The summed E-state index contributed by atoms with van der Waals surface area (Å²) in [4.78, 5) is 15.1. The van der Waals surface area contributed by atoms with Gasteiger partial charge in [-0.2, -0.15) is 0 Å².